The molecule has 0 aromatic heterocycles. The van der Waals surface area contributed by atoms with Crippen LogP contribution >= 0.6 is 0 Å². The van der Waals surface area contributed by atoms with Crippen molar-refractivity contribution >= 4 is 29.3 Å². The number of para-hydroxylation sites is 1. The quantitative estimate of drug-likeness (QED) is 0.760. The SMILES string of the molecule is C[C@@H](OC(=O)C1=Cc2ccccc2OC1)C(=O)Nc1ccc(N2CCCCC2)cc1. The average Bonchev–Trinajstić information content (AvgIpc) is 2.79. The van der Waals surface area contributed by atoms with E-state index in [9.17, 15) is 9.59 Å². The second-order valence-electron chi connectivity index (χ2n) is 7.63. The molecule has 1 atom stereocenters. The second-order valence-corrected chi connectivity index (χ2v) is 7.63. The molecule has 1 saturated heterocycles. The van der Waals surface area contributed by atoms with Crippen molar-refractivity contribution in [1.29, 1.82) is 0 Å². The maximum absolute atomic E-state index is 12.5. The highest BCUT2D eigenvalue weighted by atomic mass is 16.6. The van der Waals surface area contributed by atoms with E-state index in [1.165, 1.54) is 19.3 Å². The summed E-state index contributed by atoms with van der Waals surface area (Å²) in [7, 11) is 0. The van der Waals surface area contributed by atoms with Gasteiger partial charge in [-0.3, -0.25) is 4.79 Å². The van der Waals surface area contributed by atoms with Crippen LogP contribution in [0.2, 0.25) is 0 Å². The van der Waals surface area contributed by atoms with E-state index < -0.39 is 12.1 Å². The minimum Gasteiger partial charge on any atom is -0.488 e. The summed E-state index contributed by atoms with van der Waals surface area (Å²) in [6, 6.07) is 15.3. The Labute approximate surface area is 176 Å². The number of nitrogens with zero attached hydrogens (tertiary/aromatic N) is 1. The fourth-order valence-electron chi connectivity index (χ4n) is 3.68. The number of nitrogens with one attached hydrogen (secondary N) is 1. The van der Waals surface area contributed by atoms with E-state index >= 15 is 0 Å². The molecule has 4 rings (SSSR count). The van der Waals surface area contributed by atoms with E-state index in [1.54, 1.807) is 13.0 Å². The van der Waals surface area contributed by atoms with Crippen LogP contribution in [0.4, 0.5) is 11.4 Å². The molecule has 0 radical (unpaired) electrons. The van der Waals surface area contributed by atoms with Gasteiger partial charge in [-0.15, -0.1) is 0 Å². The summed E-state index contributed by atoms with van der Waals surface area (Å²) in [4.78, 5) is 27.3. The zero-order valence-corrected chi connectivity index (χ0v) is 17.1. The summed E-state index contributed by atoms with van der Waals surface area (Å²) in [5.74, 6) is -0.188. The number of hydrogen-bond donors (Lipinski definition) is 1. The first-order valence-electron chi connectivity index (χ1n) is 10.4. The fourth-order valence-corrected chi connectivity index (χ4v) is 3.68. The number of amides is 1. The number of ether oxygens (including phenoxy) is 2. The predicted molar refractivity (Wildman–Crippen MR) is 117 cm³/mol. The summed E-state index contributed by atoms with van der Waals surface area (Å²) in [6.07, 6.45) is 4.54. The van der Waals surface area contributed by atoms with Crippen molar-refractivity contribution in [3.63, 3.8) is 0 Å². The first-order chi connectivity index (χ1) is 14.6. The Morgan fingerprint density at radius 1 is 1.03 bits per heavy atom. The number of rotatable bonds is 5. The van der Waals surface area contributed by atoms with Crippen LogP contribution in [0.1, 0.15) is 31.7 Å². The first-order valence-corrected chi connectivity index (χ1v) is 10.4. The number of carbonyl (C=O) groups is 2. The highest BCUT2D eigenvalue weighted by molar-refractivity contribution is 5.99. The van der Waals surface area contributed by atoms with Gasteiger partial charge in [-0.25, -0.2) is 4.79 Å². The molecule has 1 fully saturated rings. The van der Waals surface area contributed by atoms with Gasteiger partial charge < -0.3 is 19.7 Å². The predicted octanol–water partition coefficient (Wildman–Crippen LogP) is 4.02. The standard InChI is InChI=1S/C24H26N2O4/c1-17(30-24(28)19-15-18-7-3-4-8-22(18)29-16-19)23(27)25-20-9-11-21(12-10-20)26-13-5-2-6-14-26/h3-4,7-12,15,17H,2,5-6,13-14,16H2,1H3,(H,25,27)/t17-/m1/s1. The van der Waals surface area contributed by atoms with E-state index in [0.29, 0.717) is 11.3 Å². The maximum atomic E-state index is 12.5. The van der Waals surface area contributed by atoms with Crippen LogP contribution in [0.5, 0.6) is 5.75 Å². The molecule has 0 aliphatic carbocycles. The van der Waals surface area contributed by atoms with Crippen LogP contribution in [-0.2, 0) is 14.3 Å². The molecule has 2 heterocycles. The topological polar surface area (TPSA) is 67.9 Å². The highest BCUT2D eigenvalue weighted by Crippen LogP contribution is 2.26. The van der Waals surface area contributed by atoms with Crippen molar-refractivity contribution < 1.29 is 19.1 Å². The Morgan fingerprint density at radius 2 is 1.77 bits per heavy atom. The van der Waals surface area contributed by atoms with Crippen LogP contribution in [0.3, 0.4) is 0 Å². The van der Waals surface area contributed by atoms with Gasteiger partial charge in [-0.05, 0) is 62.6 Å². The number of benzene rings is 2. The van der Waals surface area contributed by atoms with Gasteiger partial charge in [0.15, 0.2) is 6.10 Å². The van der Waals surface area contributed by atoms with Gasteiger partial charge in [0.25, 0.3) is 5.91 Å². The molecule has 2 aromatic carbocycles. The van der Waals surface area contributed by atoms with Crippen molar-refractivity contribution in [2.24, 2.45) is 0 Å². The van der Waals surface area contributed by atoms with E-state index in [0.717, 1.165) is 30.1 Å². The molecular weight excluding hydrogens is 380 g/mol. The van der Waals surface area contributed by atoms with Gasteiger partial charge in [0.2, 0.25) is 0 Å². The van der Waals surface area contributed by atoms with Gasteiger partial charge >= 0.3 is 5.97 Å². The van der Waals surface area contributed by atoms with E-state index in [2.05, 4.69) is 10.2 Å². The van der Waals surface area contributed by atoms with Gasteiger partial charge in [-0.2, -0.15) is 0 Å². The average molecular weight is 406 g/mol. The molecule has 0 spiro atoms. The van der Waals surface area contributed by atoms with Gasteiger partial charge in [0, 0.05) is 30.0 Å². The lowest BCUT2D eigenvalue weighted by molar-refractivity contribution is -0.149. The Bertz CT molecular complexity index is 946. The number of piperidine rings is 1. The van der Waals surface area contributed by atoms with Crippen molar-refractivity contribution in [3.05, 3.63) is 59.7 Å². The molecule has 1 N–H and O–H groups in total. The molecule has 6 nitrogen and oxygen atoms in total. The molecule has 1 amide bonds. The molecule has 156 valence electrons. The van der Waals surface area contributed by atoms with Gasteiger partial charge in [0.05, 0.1) is 5.57 Å². The zero-order chi connectivity index (χ0) is 20.9. The monoisotopic (exact) mass is 406 g/mol. The number of anilines is 2. The molecule has 2 aromatic rings. The maximum Gasteiger partial charge on any atom is 0.338 e. The minimum absolute atomic E-state index is 0.127. The Balaban J connectivity index is 1.32. The third kappa shape index (κ3) is 4.64. The number of carbonyl (C=O) groups excluding carboxylic acids is 2. The normalized spacial score (nSPS) is 16.6. The lowest BCUT2D eigenvalue weighted by Crippen LogP contribution is -2.31. The lowest BCUT2D eigenvalue weighted by Gasteiger charge is -2.28. The van der Waals surface area contributed by atoms with Crippen LogP contribution in [0.25, 0.3) is 6.08 Å². The summed E-state index contributed by atoms with van der Waals surface area (Å²) in [6.45, 7) is 3.83. The third-order valence-electron chi connectivity index (χ3n) is 5.40. The Morgan fingerprint density at radius 3 is 2.53 bits per heavy atom. The van der Waals surface area contributed by atoms with E-state index in [-0.39, 0.29) is 12.5 Å². The first kappa shape index (κ1) is 20.0. The Kier molecular flexibility index (Phi) is 6.02. The molecule has 2 aliphatic rings. The van der Waals surface area contributed by atoms with Crippen molar-refractivity contribution in [1.82, 2.24) is 0 Å². The summed E-state index contributed by atoms with van der Waals surface area (Å²) in [5, 5.41) is 2.81. The van der Waals surface area contributed by atoms with Crippen LogP contribution in [-0.4, -0.2) is 37.7 Å². The molecule has 2 aliphatic heterocycles. The minimum atomic E-state index is -0.919. The molecule has 0 unspecified atom stereocenters. The molecule has 6 heteroatoms. The summed E-state index contributed by atoms with van der Waals surface area (Å²) >= 11 is 0. The smallest absolute Gasteiger partial charge is 0.338 e. The zero-order valence-electron chi connectivity index (χ0n) is 17.1. The van der Waals surface area contributed by atoms with Crippen molar-refractivity contribution in [3.8, 4) is 5.75 Å². The molecule has 0 saturated carbocycles. The second kappa shape index (κ2) is 9.03. The lowest BCUT2D eigenvalue weighted by atomic mass is 10.1. The third-order valence-corrected chi connectivity index (χ3v) is 5.40. The fraction of sp³-hybridized carbons (Fsp3) is 0.333. The van der Waals surface area contributed by atoms with E-state index in [1.807, 2.05) is 48.5 Å². The van der Waals surface area contributed by atoms with Crippen LogP contribution in [0, 0.1) is 0 Å². The highest BCUT2D eigenvalue weighted by Gasteiger charge is 2.23. The molecule has 0 bridgehead atoms. The molecule has 30 heavy (non-hydrogen) atoms. The summed E-state index contributed by atoms with van der Waals surface area (Å²) < 4.78 is 10.9. The Hall–Kier alpha value is -3.28. The van der Waals surface area contributed by atoms with Gasteiger partial charge in [-0.1, -0.05) is 18.2 Å². The molecular formula is C24H26N2O4. The van der Waals surface area contributed by atoms with Crippen molar-refractivity contribution in [2.75, 3.05) is 29.9 Å². The van der Waals surface area contributed by atoms with E-state index in [4.69, 9.17) is 9.47 Å². The summed E-state index contributed by atoms with van der Waals surface area (Å²) in [5.41, 5.74) is 3.05. The number of hydrogen-bond acceptors (Lipinski definition) is 5. The number of esters is 1. The number of fused-ring (bicyclic) bond motifs is 1. The van der Waals surface area contributed by atoms with Crippen LogP contribution in [0.15, 0.2) is 54.1 Å². The largest absolute Gasteiger partial charge is 0.488 e. The van der Waals surface area contributed by atoms with Crippen LogP contribution < -0.4 is 15.0 Å². The van der Waals surface area contributed by atoms with Crippen molar-refractivity contribution in [2.45, 2.75) is 32.3 Å². The van der Waals surface area contributed by atoms with Gasteiger partial charge in [0.1, 0.15) is 12.4 Å².